The van der Waals surface area contributed by atoms with Crippen molar-refractivity contribution in [1.29, 1.82) is 0 Å². The first-order valence-corrected chi connectivity index (χ1v) is 10.9. The van der Waals surface area contributed by atoms with E-state index in [1.54, 1.807) is 43.3 Å². The maximum atomic E-state index is 12.6. The van der Waals surface area contributed by atoms with Crippen molar-refractivity contribution >= 4 is 23.8 Å². The lowest BCUT2D eigenvalue weighted by Gasteiger charge is -2.34. The summed E-state index contributed by atoms with van der Waals surface area (Å²) in [7, 11) is 1.45. The van der Waals surface area contributed by atoms with Crippen molar-refractivity contribution in [2.75, 3.05) is 26.9 Å². The predicted molar refractivity (Wildman–Crippen MR) is 123 cm³/mol. The Labute approximate surface area is 202 Å². The Kier molecular flexibility index (Phi) is 8.76. The molecule has 11 heteroatoms. The molecule has 0 radical (unpaired) electrons. The number of benzene rings is 2. The summed E-state index contributed by atoms with van der Waals surface area (Å²) in [6.07, 6.45) is -0.0810. The minimum atomic E-state index is -1.94. The largest absolute Gasteiger partial charge is 0.467 e. The van der Waals surface area contributed by atoms with Crippen LogP contribution in [0.25, 0.3) is 0 Å². The van der Waals surface area contributed by atoms with Crippen molar-refractivity contribution in [1.82, 2.24) is 16.0 Å². The van der Waals surface area contributed by atoms with Crippen LogP contribution in [0.2, 0.25) is 0 Å². The summed E-state index contributed by atoms with van der Waals surface area (Å²) in [5, 5.41) is 6.88. The van der Waals surface area contributed by atoms with Gasteiger partial charge in [0.25, 0.3) is 17.4 Å². The smallest absolute Gasteiger partial charge is 0.328 e. The standard InChI is InChI=1S/C24H27N3O8/c1-3-33-13-12-24(21(29)26-23(31)27-22(24)30)35-19-10-8-18(9-11-19)34-17-6-4-16(5-7-17)14-25-20(28)15-32-2/h4-11H,3,12-15H2,1-2H3,(H,25,28)(H2,26,27,29,30,31). The van der Waals surface area contributed by atoms with Gasteiger partial charge in [0.05, 0.1) is 6.61 Å². The second-order valence-corrected chi connectivity index (χ2v) is 7.54. The molecule has 1 fully saturated rings. The van der Waals surface area contributed by atoms with E-state index >= 15 is 0 Å². The summed E-state index contributed by atoms with van der Waals surface area (Å²) in [6.45, 7) is 2.63. The third-order valence-corrected chi connectivity index (χ3v) is 5.03. The van der Waals surface area contributed by atoms with Crippen LogP contribution in [-0.4, -0.2) is 56.3 Å². The molecule has 0 atom stereocenters. The Hall–Kier alpha value is -3.96. The number of rotatable bonds is 12. The van der Waals surface area contributed by atoms with E-state index in [9.17, 15) is 19.2 Å². The highest BCUT2D eigenvalue weighted by Crippen LogP contribution is 2.28. The van der Waals surface area contributed by atoms with E-state index < -0.39 is 23.4 Å². The van der Waals surface area contributed by atoms with Gasteiger partial charge in [0.2, 0.25) is 5.91 Å². The van der Waals surface area contributed by atoms with Crippen molar-refractivity contribution < 1.29 is 38.1 Å². The maximum absolute atomic E-state index is 12.6. The Balaban J connectivity index is 1.64. The van der Waals surface area contributed by atoms with Crippen molar-refractivity contribution in [2.24, 2.45) is 0 Å². The molecule has 3 rings (SSSR count). The number of methoxy groups -OCH3 is 1. The van der Waals surface area contributed by atoms with E-state index in [1.807, 2.05) is 12.1 Å². The van der Waals surface area contributed by atoms with Gasteiger partial charge in [0.15, 0.2) is 0 Å². The van der Waals surface area contributed by atoms with Crippen molar-refractivity contribution in [3.63, 3.8) is 0 Å². The van der Waals surface area contributed by atoms with E-state index in [4.69, 9.17) is 18.9 Å². The van der Waals surface area contributed by atoms with Gasteiger partial charge < -0.3 is 24.3 Å². The van der Waals surface area contributed by atoms with Crippen LogP contribution in [0.4, 0.5) is 4.79 Å². The number of imide groups is 2. The molecule has 186 valence electrons. The molecule has 0 bridgehead atoms. The van der Waals surface area contributed by atoms with Crippen LogP contribution in [0.5, 0.6) is 17.2 Å². The fourth-order valence-corrected chi connectivity index (χ4v) is 3.24. The average Bonchev–Trinajstić information content (AvgIpc) is 2.83. The van der Waals surface area contributed by atoms with Gasteiger partial charge in [-0.2, -0.15) is 0 Å². The molecule has 0 saturated carbocycles. The zero-order chi connectivity index (χ0) is 25.3. The summed E-state index contributed by atoms with van der Waals surface area (Å²) < 4.78 is 21.7. The van der Waals surface area contributed by atoms with Gasteiger partial charge >= 0.3 is 6.03 Å². The molecule has 3 N–H and O–H groups in total. The van der Waals surface area contributed by atoms with Crippen LogP contribution in [-0.2, 0) is 30.4 Å². The van der Waals surface area contributed by atoms with E-state index in [0.717, 1.165) is 5.56 Å². The minimum absolute atomic E-state index is 0.00200. The molecule has 1 aliphatic rings. The van der Waals surface area contributed by atoms with Gasteiger partial charge in [-0.25, -0.2) is 4.79 Å². The molecular weight excluding hydrogens is 458 g/mol. The lowest BCUT2D eigenvalue weighted by atomic mass is 9.95. The third-order valence-electron chi connectivity index (χ3n) is 5.03. The zero-order valence-electron chi connectivity index (χ0n) is 19.4. The Bertz CT molecular complexity index is 1030. The number of ether oxygens (including phenoxy) is 4. The molecule has 1 heterocycles. The van der Waals surface area contributed by atoms with Crippen LogP contribution in [0.3, 0.4) is 0 Å². The summed E-state index contributed by atoms with van der Waals surface area (Å²) in [4.78, 5) is 48.1. The fraction of sp³-hybridized carbons (Fsp3) is 0.333. The van der Waals surface area contributed by atoms with Gasteiger partial charge in [0, 0.05) is 26.7 Å². The maximum Gasteiger partial charge on any atom is 0.328 e. The van der Waals surface area contributed by atoms with Crippen molar-refractivity contribution in [3.05, 3.63) is 54.1 Å². The molecule has 2 aromatic carbocycles. The minimum Gasteiger partial charge on any atom is -0.467 e. The zero-order valence-corrected chi connectivity index (χ0v) is 19.4. The lowest BCUT2D eigenvalue weighted by molar-refractivity contribution is -0.153. The first-order chi connectivity index (χ1) is 16.9. The number of urea groups is 1. The summed E-state index contributed by atoms with van der Waals surface area (Å²) >= 11 is 0. The Morgan fingerprint density at radius 2 is 1.49 bits per heavy atom. The van der Waals surface area contributed by atoms with Gasteiger partial charge in [-0.05, 0) is 48.9 Å². The molecule has 2 aromatic rings. The van der Waals surface area contributed by atoms with E-state index in [2.05, 4.69) is 16.0 Å². The van der Waals surface area contributed by atoms with E-state index in [-0.39, 0.29) is 31.3 Å². The highest BCUT2D eigenvalue weighted by molar-refractivity contribution is 6.21. The number of hydrogen-bond acceptors (Lipinski definition) is 8. The van der Waals surface area contributed by atoms with Crippen LogP contribution in [0, 0.1) is 0 Å². The van der Waals surface area contributed by atoms with E-state index in [1.165, 1.54) is 7.11 Å². The summed E-state index contributed by atoms with van der Waals surface area (Å²) in [5.41, 5.74) is -1.05. The fourth-order valence-electron chi connectivity index (χ4n) is 3.24. The van der Waals surface area contributed by atoms with Crippen LogP contribution >= 0.6 is 0 Å². The van der Waals surface area contributed by atoms with Crippen molar-refractivity contribution in [3.8, 4) is 17.2 Å². The first-order valence-electron chi connectivity index (χ1n) is 10.9. The molecule has 1 aliphatic heterocycles. The third kappa shape index (κ3) is 6.78. The second-order valence-electron chi connectivity index (χ2n) is 7.54. The monoisotopic (exact) mass is 485 g/mol. The summed E-state index contributed by atoms with van der Waals surface area (Å²) in [5.74, 6) is -0.618. The average molecular weight is 485 g/mol. The molecule has 35 heavy (non-hydrogen) atoms. The highest BCUT2D eigenvalue weighted by atomic mass is 16.5. The van der Waals surface area contributed by atoms with Gasteiger partial charge in [-0.1, -0.05) is 12.1 Å². The number of carbonyl (C=O) groups excluding carboxylic acids is 4. The molecular formula is C24H27N3O8. The van der Waals surface area contributed by atoms with E-state index in [0.29, 0.717) is 24.7 Å². The molecule has 1 saturated heterocycles. The number of nitrogens with one attached hydrogen (secondary N) is 3. The van der Waals surface area contributed by atoms with Crippen LogP contribution in [0.15, 0.2) is 48.5 Å². The first kappa shape index (κ1) is 25.7. The van der Waals surface area contributed by atoms with Gasteiger partial charge in [-0.15, -0.1) is 0 Å². The highest BCUT2D eigenvalue weighted by Gasteiger charge is 2.52. The topological polar surface area (TPSA) is 141 Å². The number of carbonyl (C=O) groups is 4. The SMILES string of the molecule is CCOCCC1(Oc2ccc(Oc3ccc(CNC(=O)COC)cc3)cc2)C(=O)NC(=O)NC1=O. The lowest BCUT2D eigenvalue weighted by Crippen LogP contribution is -2.69. The molecule has 0 aliphatic carbocycles. The molecule has 0 unspecified atom stereocenters. The number of barbiturate groups is 1. The van der Waals surface area contributed by atoms with Crippen LogP contribution in [0.1, 0.15) is 18.9 Å². The van der Waals surface area contributed by atoms with Crippen LogP contribution < -0.4 is 25.4 Å². The van der Waals surface area contributed by atoms with Crippen molar-refractivity contribution in [2.45, 2.75) is 25.5 Å². The number of amides is 5. The number of hydrogen-bond donors (Lipinski definition) is 3. The molecule has 0 aromatic heterocycles. The van der Waals surface area contributed by atoms with Gasteiger partial charge in [-0.3, -0.25) is 25.0 Å². The molecule has 11 nitrogen and oxygen atoms in total. The normalized spacial score (nSPS) is 14.6. The molecule has 5 amide bonds. The van der Waals surface area contributed by atoms with Gasteiger partial charge in [0.1, 0.15) is 23.9 Å². The Morgan fingerprint density at radius 3 is 2.06 bits per heavy atom. The molecule has 0 spiro atoms. The summed E-state index contributed by atoms with van der Waals surface area (Å²) in [6, 6.07) is 12.6. The predicted octanol–water partition coefficient (Wildman–Crippen LogP) is 1.65. The quantitative estimate of drug-likeness (QED) is 0.304. The second kappa shape index (κ2) is 12.0. The Morgan fingerprint density at radius 1 is 0.914 bits per heavy atom.